The topological polar surface area (TPSA) is 95.6 Å². The maximum Gasteiger partial charge on any atom is 0.326 e. The fraction of sp³-hybridized carbons (Fsp3) is 0.200. The van der Waals surface area contributed by atoms with Crippen molar-refractivity contribution in [1.82, 2.24) is 20.4 Å². The molecule has 0 bridgehead atoms. The van der Waals surface area contributed by atoms with Crippen molar-refractivity contribution in [3.05, 3.63) is 29.6 Å². The van der Waals surface area contributed by atoms with Crippen molar-refractivity contribution in [2.45, 2.75) is 13.8 Å². The molecule has 0 saturated carbocycles. The lowest BCUT2D eigenvalue weighted by molar-refractivity contribution is 0.262. The molecule has 3 N–H and O–H groups in total. The molecule has 0 fully saturated rings. The van der Waals surface area contributed by atoms with E-state index >= 15 is 0 Å². The smallest absolute Gasteiger partial charge is 0.291 e. The van der Waals surface area contributed by atoms with Crippen molar-refractivity contribution in [3.63, 3.8) is 0 Å². The Hall–Kier alpha value is -2.44. The molecule has 0 radical (unpaired) electrons. The number of aryl methyl sites for hydroxylation is 2. The van der Waals surface area contributed by atoms with Crippen molar-refractivity contribution in [2.24, 2.45) is 0 Å². The molecule has 88 valence electrons. The lowest BCUT2D eigenvalue weighted by Gasteiger charge is -2.03. The van der Waals surface area contributed by atoms with Gasteiger partial charge in [-0.3, -0.25) is 15.7 Å². The zero-order valence-corrected chi connectivity index (χ0v) is 9.48. The van der Waals surface area contributed by atoms with Crippen LogP contribution < -0.4 is 10.6 Å². The maximum atomic E-state index is 11.5. The van der Waals surface area contributed by atoms with E-state index in [1.807, 2.05) is 13.8 Å². The third kappa shape index (κ3) is 3.00. The van der Waals surface area contributed by atoms with E-state index < -0.39 is 6.03 Å². The molecule has 0 unspecified atom stereocenters. The van der Waals surface area contributed by atoms with E-state index in [1.165, 1.54) is 0 Å². The maximum absolute atomic E-state index is 11.5. The highest BCUT2D eigenvalue weighted by Gasteiger charge is 2.05. The molecule has 0 spiro atoms. The van der Waals surface area contributed by atoms with Crippen LogP contribution in [0.25, 0.3) is 0 Å². The molecule has 0 saturated heterocycles. The van der Waals surface area contributed by atoms with E-state index in [-0.39, 0.29) is 0 Å². The highest BCUT2D eigenvalue weighted by atomic mass is 16.2. The van der Waals surface area contributed by atoms with Gasteiger partial charge < -0.3 is 0 Å². The van der Waals surface area contributed by atoms with Gasteiger partial charge in [-0.05, 0) is 26.0 Å². The van der Waals surface area contributed by atoms with Gasteiger partial charge in [0.2, 0.25) is 0 Å². The number of carbonyl (C=O) groups is 1. The van der Waals surface area contributed by atoms with Crippen LogP contribution in [0.3, 0.4) is 0 Å². The molecule has 2 heterocycles. The molecule has 0 atom stereocenters. The minimum atomic E-state index is -0.408. The molecule has 7 nitrogen and oxygen atoms in total. The fourth-order valence-electron chi connectivity index (χ4n) is 1.21. The summed E-state index contributed by atoms with van der Waals surface area (Å²) in [4.78, 5) is 11.5. The summed E-state index contributed by atoms with van der Waals surface area (Å²) < 4.78 is 0. The zero-order valence-electron chi connectivity index (χ0n) is 9.48. The van der Waals surface area contributed by atoms with Crippen molar-refractivity contribution < 1.29 is 4.79 Å². The van der Waals surface area contributed by atoms with Gasteiger partial charge in [0.25, 0.3) is 0 Å². The van der Waals surface area contributed by atoms with E-state index in [4.69, 9.17) is 0 Å². The van der Waals surface area contributed by atoms with E-state index in [0.717, 1.165) is 11.4 Å². The number of aromatic nitrogens is 4. The minimum Gasteiger partial charge on any atom is -0.291 e. The minimum absolute atomic E-state index is 0.389. The van der Waals surface area contributed by atoms with E-state index in [1.54, 1.807) is 18.2 Å². The van der Waals surface area contributed by atoms with Gasteiger partial charge in [0, 0.05) is 11.8 Å². The Morgan fingerprint density at radius 3 is 2.53 bits per heavy atom. The van der Waals surface area contributed by atoms with Gasteiger partial charge in [-0.2, -0.15) is 10.2 Å². The van der Waals surface area contributed by atoms with Crippen molar-refractivity contribution in [2.75, 3.05) is 10.6 Å². The number of hydrogen-bond donors (Lipinski definition) is 3. The molecule has 0 aromatic carbocycles. The van der Waals surface area contributed by atoms with Crippen LogP contribution in [0.5, 0.6) is 0 Å². The van der Waals surface area contributed by atoms with Crippen LogP contribution in [-0.4, -0.2) is 26.4 Å². The van der Waals surface area contributed by atoms with Crippen LogP contribution in [0.15, 0.2) is 18.2 Å². The van der Waals surface area contributed by atoms with Crippen LogP contribution >= 0.6 is 0 Å². The first kappa shape index (κ1) is 11.1. The molecule has 7 heteroatoms. The van der Waals surface area contributed by atoms with Crippen LogP contribution in [-0.2, 0) is 0 Å². The van der Waals surface area contributed by atoms with Gasteiger partial charge in [-0.15, -0.1) is 5.10 Å². The normalized spacial score (nSPS) is 10.0. The quantitative estimate of drug-likeness (QED) is 0.730. The van der Waals surface area contributed by atoms with Crippen LogP contribution in [0.2, 0.25) is 0 Å². The zero-order chi connectivity index (χ0) is 12.3. The SMILES string of the molecule is Cc1ccc(NC(=O)Nc2cc(C)[nH]n2)nn1. The third-order valence-electron chi connectivity index (χ3n) is 1.99. The number of hydrogen-bond acceptors (Lipinski definition) is 4. The number of amides is 2. The fourth-order valence-corrected chi connectivity index (χ4v) is 1.21. The number of anilines is 2. The number of nitrogens with zero attached hydrogens (tertiary/aromatic N) is 3. The molecular formula is C10H12N6O. The summed E-state index contributed by atoms with van der Waals surface area (Å²) in [6, 6.07) is 4.76. The molecule has 17 heavy (non-hydrogen) atoms. The molecule has 2 aromatic heterocycles. The lowest BCUT2D eigenvalue weighted by atomic mass is 10.4. The van der Waals surface area contributed by atoms with Crippen LogP contribution in [0, 0.1) is 13.8 Å². The Labute approximate surface area is 97.6 Å². The number of carbonyl (C=O) groups excluding carboxylic acids is 1. The van der Waals surface area contributed by atoms with E-state index in [0.29, 0.717) is 11.6 Å². The Balaban J connectivity index is 1.95. The van der Waals surface area contributed by atoms with Gasteiger partial charge in [0.05, 0.1) is 5.69 Å². The predicted octanol–water partition coefficient (Wildman–Crippen LogP) is 1.46. The van der Waals surface area contributed by atoms with E-state index in [2.05, 4.69) is 31.0 Å². The second kappa shape index (κ2) is 4.60. The first-order valence-electron chi connectivity index (χ1n) is 5.04. The Bertz CT molecular complexity index is 518. The largest absolute Gasteiger partial charge is 0.326 e. The molecule has 2 aromatic rings. The number of aromatic amines is 1. The number of nitrogens with one attached hydrogen (secondary N) is 3. The summed E-state index contributed by atoms with van der Waals surface area (Å²) >= 11 is 0. The van der Waals surface area contributed by atoms with Gasteiger partial charge >= 0.3 is 6.03 Å². The Morgan fingerprint density at radius 2 is 1.94 bits per heavy atom. The lowest BCUT2D eigenvalue weighted by Crippen LogP contribution is -2.20. The van der Waals surface area contributed by atoms with E-state index in [9.17, 15) is 4.79 Å². The first-order chi connectivity index (χ1) is 8.13. The number of H-pyrrole nitrogens is 1. The third-order valence-corrected chi connectivity index (χ3v) is 1.99. The highest BCUT2D eigenvalue weighted by Crippen LogP contribution is 2.05. The highest BCUT2D eigenvalue weighted by molar-refractivity contribution is 5.98. The number of urea groups is 1. The Kier molecular flexibility index (Phi) is 2.99. The molecule has 2 amide bonds. The van der Waals surface area contributed by atoms with Gasteiger partial charge in [-0.25, -0.2) is 4.79 Å². The molecule has 2 rings (SSSR count). The van der Waals surface area contributed by atoms with Crippen molar-refractivity contribution >= 4 is 17.7 Å². The Morgan fingerprint density at radius 1 is 1.18 bits per heavy atom. The van der Waals surface area contributed by atoms with Crippen LogP contribution in [0.4, 0.5) is 16.4 Å². The second-order valence-electron chi connectivity index (χ2n) is 3.58. The standard InChI is InChI=1S/C10H12N6O/c1-6-3-4-8(15-13-6)11-10(17)12-9-5-7(2)14-16-9/h3-5H,1-2H3,(H3,11,12,14,15,16,17). The molecule has 0 aliphatic heterocycles. The monoisotopic (exact) mass is 232 g/mol. The van der Waals surface area contributed by atoms with Gasteiger partial charge in [0.15, 0.2) is 11.6 Å². The summed E-state index contributed by atoms with van der Waals surface area (Å²) in [6.45, 7) is 3.67. The summed E-state index contributed by atoms with van der Waals surface area (Å²) in [5, 5.41) is 19.4. The van der Waals surface area contributed by atoms with Crippen LogP contribution in [0.1, 0.15) is 11.4 Å². The van der Waals surface area contributed by atoms with Gasteiger partial charge in [0.1, 0.15) is 0 Å². The second-order valence-corrected chi connectivity index (χ2v) is 3.58. The van der Waals surface area contributed by atoms with Crippen molar-refractivity contribution in [1.29, 1.82) is 0 Å². The molecule has 0 aliphatic rings. The average molecular weight is 232 g/mol. The summed E-state index contributed by atoms with van der Waals surface area (Å²) in [7, 11) is 0. The summed E-state index contributed by atoms with van der Waals surface area (Å²) in [5.74, 6) is 0.848. The van der Waals surface area contributed by atoms with Gasteiger partial charge in [-0.1, -0.05) is 0 Å². The first-order valence-corrected chi connectivity index (χ1v) is 5.04. The average Bonchev–Trinajstić information content (AvgIpc) is 2.67. The van der Waals surface area contributed by atoms with Crippen molar-refractivity contribution in [3.8, 4) is 0 Å². The molecule has 0 aliphatic carbocycles. The summed E-state index contributed by atoms with van der Waals surface area (Å²) in [6.07, 6.45) is 0. The number of rotatable bonds is 2. The molecular weight excluding hydrogens is 220 g/mol. The predicted molar refractivity (Wildman–Crippen MR) is 62.7 cm³/mol. The summed E-state index contributed by atoms with van der Waals surface area (Å²) in [5.41, 5.74) is 1.66.